The molecule has 4 N–H and O–H groups in total. The summed E-state index contributed by atoms with van der Waals surface area (Å²) in [5, 5.41) is 19.7. The summed E-state index contributed by atoms with van der Waals surface area (Å²) in [6, 6.07) is 6.52. The molecule has 0 aliphatic heterocycles. The number of nitrogen functional groups attached to an aromatic ring is 1. The van der Waals surface area contributed by atoms with Crippen LogP contribution in [0.15, 0.2) is 41.7 Å². The molecule has 1 unspecified atom stereocenters. The highest BCUT2D eigenvalue weighted by atomic mass is 35.5. The van der Waals surface area contributed by atoms with Gasteiger partial charge in [-0.15, -0.1) is 0 Å². The molecule has 4 aromatic rings. The molecule has 10 nitrogen and oxygen atoms in total. The van der Waals surface area contributed by atoms with E-state index in [0.29, 0.717) is 27.4 Å². The quantitative estimate of drug-likeness (QED) is 0.465. The van der Waals surface area contributed by atoms with Crippen molar-refractivity contribution >= 4 is 34.1 Å². The molecule has 144 valence electrons. The van der Waals surface area contributed by atoms with E-state index in [9.17, 15) is 10.1 Å². The van der Waals surface area contributed by atoms with Crippen molar-refractivity contribution in [2.75, 3.05) is 11.1 Å². The molecule has 0 aliphatic carbocycles. The van der Waals surface area contributed by atoms with Gasteiger partial charge in [-0.25, -0.2) is 15.0 Å². The van der Waals surface area contributed by atoms with Crippen LogP contribution in [0.25, 0.3) is 16.6 Å². The zero-order chi connectivity index (χ0) is 20.5. The lowest BCUT2D eigenvalue weighted by Crippen LogP contribution is -2.27. The van der Waals surface area contributed by atoms with Gasteiger partial charge >= 0.3 is 0 Å². The van der Waals surface area contributed by atoms with Crippen LogP contribution in [0, 0.1) is 11.3 Å². The minimum Gasteiger partial charge on any atom is -0.382 e. The van der Waals surface area contributed by atoms with E-state index in [1.807, 2.05) is 6.07 Å². The summed E-state index contributed by atoms with van der Waals surface area (Å²) in [5.41, 5.74) is 6.48. The minimum absolute atomic E-state index is 0.0580. The lowest BCUT2D eigenvalue weighted by Gasteiger charge is -2.20. The van der Waals surface area contributed by atoms with Gasteiger partial charge in [0.25, 0.3) is 5.56 Å². The molecular weight excluding hydrogens is 394 g/mol. The first-order chi connectivity index (χ1) is 14.0. The number of aromatic amines is 1. The Kier molecular flexibility index (Phi) is 4.58. The van der Waals surface area contributed by atoms with Crippen LogP contribution in [0.4, 0.5) is 11.6 Å². The van der Waals surface area contributed by atoms with Crippen LogP contribution in [0.5, 0.6) is 0 Å². The maximum Gasteiger partial charge on any atom is 0.267 e. The van der Waals surface area contributed by atoms with Crippen molar-refractivity contribution in [1.82, 2.24) is 29.7 Å². The topological polar surface area (TPSA) is 151 Å². The fourth-order valence-electron chi connectivity index (χ4n) is 3.00. The number of benzene rings is 1. The first kappa shape index (κ1) is 18.4. The zero-order valence-corrected chi connectivity index (χ0v) is 15.8. The predicted octanol–water partition coefficient (Wildman–Crippen LogP) is 2.18. The second-order valence-corrected chi connectivity index (χ2v) is 6.57. The normalized spacial score (nSPS) is 11.9. The van der Waals surface area contributed by atoms with Gasteiger partial charge in [-0.3, -0.25) is 14.5 Å². The molecule has 0 spiro atoms. The lowest BCUT2D eigenvalue weighted by molar-refractivity contribution is 0.730. The van der Waals surface area contributed by atoms with E-state index in [1.165, 1.54) is 17.1 Å². The van der Waals surface area contributed by atoms with Gasteiger partial charge in [-0.2, -0.15) is 10.4 Å². The second kappa shape index (κ2) is 7.21. The maximum absolute atomic E-state index is 13.3. The van der Waals surface area contributed by atoms with Gasteiger partial charge in [0.15, 0.2) is 0 Å². The number of hydrogen-bond acceptors (Lipinski definition) is 8. The number of nitrogens with two attached hydrogens (primary N) is 1. The van der Waals surface area contributed by atoms with Gasteiger partial charge in [0, 0.05) is 6.20 Å². The summed E-state index contributed by atoms with van der Waals surface area (Å²) in [7, 11) is 0. The van der Waals surface area contributed by atoms with Gasteiger partial charge in [-0.1, -0.05) is 17.7 Å². The van der Waals surface area contributed by atoms with Crippen molar-refractivity contribution in [3.8, 4) is 11.8 Å². The molecule has 0 aliphatic rings. The predicted molar refractivity (Wildman–Crippen MR) is 108 cm³/mol. The fourth-order valence-corrected chi connectivity index (χ4v) is 3.25. The van der Waals surface area contributed by atoms with Crippen LogP contribution in [0.3, 0.4) is 0 Å². The van der Waals surface area contributed by atoms with Crippen molar-refractivity contribution in [1.29, 1.82) is 5.26 Å². The van der Waals surface area contributed by atoms with E-state index in [2.05, 4.69) is 30.5 Å². The Bertz CT molecular complexity index is 1310. The zero-order valence-electron chi connectivity index (χ0n) is 15.1. The summed E-state index contributed by atoms with van der Waals surface area (Å²) in [5.74, 6) is 0.682. The molecule has 0 amide bonds. The van der Waals surface area contributed by atoms with Crippen molar-refractivity contribution in [2.45, 2.75) is 13.0 Å². The van der Waals surface area contributed by atoms with E-state index in [-0.39, 0.29) is 22.8 Å². The van der Waals surface area contributed by atoms with Crippen molar-refractivity contribution in [3.63, 3.8) is 0 Å². The highest BCUT2D eigenvalue weighted by Gasteiger charge is 2.21. The molecule has 1 atom stereocenters. The first-order valence-corrected chi connectivity index (χ1v) is 8.86. The Labute approximate surface area is 169 Å². The summed E-state index contributed by atoms with van der Waals surface area (Å²) in [4.78, 5) is 25.8. The average Bonchev–Trinajstić information content (AvgIpc) is 3.22. The molecule has 0 bridgehead atoms. The molecular formula is C18H14ClN9O. The van der Waals surface area contributed by atoms with Crippen LogP contribution in [-0.2, 0) is 0 Å². The number of nitriles is 1. The van der Waals surface area contributed by atoms with Crippen LogP contribution in [0.2, 0.25) is 5.02 Å². The molecule has 3 heterocycles. The van der Waals surface area contributed by atoms with Crippen molar-refractivity contribution in [3.05, 3.63) is 63.7 Å². The molecule has 1 aromatic carbocycles. The highest BCUT2D eigenvalue weighted by Crippen LogP contribution is 2.25. The average molecular weight is 408 g/mol. The third kappa shape index (κ3) is 3.13. The van der Waals surface area contributed by atoms with Gasteiger partial charge in [0.05, 0.1) is 33.9 Å². The summed E-state index contributed by atoms with van der Waals surface area (Å²) < 4.78 is 1.41. The Balaban J connectivity index is 1.92. The Morgan fingerprint density at radius 3 is 2.93 bits per heavy atom. The van der Waals surface area contributed by atoms with Gasteiger partial charge in [0.2, 0.25) is 0 Å². The molecule has 0 radical (unpaired) electrons. The molecule has 4 rings (SSSR count). The number of H-pyrrole nitrogens is 1. The van der Waals surface area contributed by atoms with Crippen LogP contribution in [-0.4, -0.2) is 29.7 Å². The largest absolute Gasteiger partial charge is 0.382 e. The Hall–Kier alpha value is -3.97. The Morgan fingerprint density at radius 1 is 1.38 bits per heavy atom. The number of rotatable bonds is 4. The van der Waals surface area contributed by atoms with Gasteiger partial charge < -0.3 is 11.1 Å². The van der Waals surface area contributed by atoms with E-state index in [4.69, 9.17) is 17.3 Å². The standard InChI is InChI=1S/C18H14ClN9O/c1-9(26-16-11(5-20)15(21)22-8-23-16)17-27-13-4-2-3-12(19)14(13)18(29)28(17)10-6-24-25-7-10/h2-4,6-9H,1H3,(H,24,25)(H3,21,22,23,26). The van der Waals surface area contributed by atoms with E-state index < -0.39 is 6.04 Å². The summed E-state index contributed by atoms with van der Waals surface area (Å²) in [6.45, 7) is 1.79. The van der Waals surface area contributed by atoms with Gasteiger partial charge in [-0.05, 0) is 19.1 Å². The van der Waals surface area contributed by atoms with Crippen LogP contribution in [0.1, 0.15) is 24.4 Å². The number of aromatic nitrogens is 6. The minimum atomic E-state index is -0.526. The molecule has 0 saturated heterocycles. The third-order valence-corrected chi connectivity index (χ3v) is 4.66. The van der Waals surface area contributed by atoms with Crippen molar-refractivity contribution < 1.29 is 0 Å². The Morgan fingerprint density at radius 2 is 2.21 bits per heavy atom. The molecule has 0 fully saturated rings. The first-order valence-electron chi connectivity index (χ1n) is 8.48. The molecule has 11 heteroatoms. The second-order valence-electron chi connectivity index (χ2n) is 6.16. The third-order valence-electron chi connectivity index (χ3n) is 4.34. The lowest BCUT2D eigenvalue weighted by atomic mass is 10.2. The summed E-state index contributed by atoms with van der Waals surface area (Å²) in [6.07, 6.45) is 4.33. The van der Waals surface area contributed by atoms with Crippen molar-refractivity contribution in [2.24, 2.45) is 0 Å². The van der Waals surface area contributed by atoms with E-state index >= 15 is 0 Å². The maximum atomic E-state index is 13.3. The number of hydrogen-bond donors (Lipinski definition) is 3. The monoisotopic (exact) mass is 407 g/mol. The number of nitrogens with one attached hydrogen (secondary N) is 2. The highest BCUT2D eigenvalue weighted by molar-refractivity contribution is 6.35. The smallest absolute Gasteiger partial charge is 0.267 e. The van der Waals surface area contributed by atoms with Gasteiger partial charge in [0.1, 0.15) is 35.4 Å². The molecule has 3 aromatic heterocycles. The molecule has 0 saturated carbocycles. The van der Waals surface area contributed by atoms with Crippen LogP contribution >= 0.6 is 11.6 Å². The summed E-state index contributed by atoms with van der Waals surface area (Å²) >= 11 is 6.26. The van der Waals surface area contributed by atoms with Crippen LogP contribution < -0.4 is 16.6 Å². The number of nitrogens with zero attached hydrogens (tertiary/aromatic N) is 6. The SMILES string of the molecule is CC(Nc1ncnc(N)c1C#N)c1nc2cccc(Cl)c2c(=O)n1-c1cn[nH]c1. The fraction of sp³-hybridized carbons (Fsp3) is 0.111. The number of fused-ring (bicyclic) bond motifs is 1. The number of anilines is 2. The van der Waals surface area contributed by atoms with E-state index in [0.717, 1.165) is 0 Å². The number of halogens is 1. The molecule has 29 heavy (non-hydrogen) atoms. The van der Waals surface area contributed by atoms with E-state index in [1.54, 1.807) is 31.3 Å².